The lowest BCUT2D eigenvalue weighted by Gasteiger charge is -2.30. The molecule has 9 heteroatoms. The van der Waals surface area contributed by atoms with Gasteiger partial charge in [-0.3, -0.25) is 29.4 Å². The predicted octanol–water partition coefficient (Wildman–Crippen LogP) is -0.363. The van der Waals surface area contributed by atoms with Gasteiger partial charge in [0.15, 0.2) is 0 Å². The van der Waals surface area contributed by atoms with Crippen LogP contribution in [0.15, 0.2) is 12.1 Å². The second kappa shape index (κ2) is 6.17. The number of nitrogens with one attached hydrogen (secondary N) is 2. The van der Waals surface area contributed by atoms with E-state index in [4.69, 9.17) is 1.41 Å². The lowest BCUT2D eigenvalue weighted by atomic mass is 10.0. The first-order valence-electron chi connectivity index (χ1n) is 8.85. The van der Waals surface area contributed by atoms with Gasteiger partial charge in [0.1, 0.15) is 13.3 Å². The molecule has 2 N–H and O–H groups in total. The van der Waals surface area contributed by atoms with Crippen LogP contribution in [0.25, 0.3) is 0 Å². The Morgan fingerprint density at radius 1 is 1.08 bits per heavy atom. The second-order valence-electron chi connectivity index (χ2n) is 6.45. The van der Waals surface area contributed by atoms with Crippen molar-refractivity contribution in [1.29, 1.82) is 0 Å². The van der Waals surface area contributed by atoms with Gasteiger partial charge in [0.05, 0.1) is 16.8 Å². The van der Waals surface area contributed by atoms with Crippen LogP contribution in [0.1, 0.15) is 33.6 Å². The SMILES string of the molecule is [2H]N1CCN(c2cc3c(cc2F)C(=O)N(C2CCC(=O)NC2=O)C3=O)CC1. The third-order valence-corrected chi connectivity index (χ3v) is 4.90. The van der Waals surface area contributed by atoms with E-state index in [0.29, 0.717) is 26.2 Å². The maximum absolute atomic E-state index is 14.6. The van der Waals surface area contributed by atoms with E-state index in [1.165, 1.54) is 11.4 Å². The number of anilines is 1. The molecular formula is C17H17FN4O4. The zero-order valence-corrected chi connectivity index (χ0v) is 13.8. The van der Waals surface area contributed by atoms with Crippen LogP contribution >= 0.6 is 0 Å². The van der Waals surface area contributed by atoms with Crippen molar-refractivity contribution in [3.63, 3.8) is 0 Å². The molecule has 1 aromatic carbocycles. The number of imide groups is 2. The van der Waals surface area contributed by atoms with Gasteiger partial charge in [0, 0.05) is 32.6 Å². The number of fused-ring (bicyclic) bond motifs is 1. The monoisotopic (exact) mass is 361 g/mol. The van der Waals surface area contributed by atoms with Gasteiger partial charge in [-0.25, -0.2) is 4.39 Å². The fourth-order valence-corrected chi connectivity index (χ4v) is 3.57. The molecule has 1 atom stereocenters. The zero-order valence-electron chi connectivity index (χ0n) is 14.8. The van der Waals surface area contributed by atoms with E-state index in [-0.39, 0.29) is 29.7 Å². The summed E-state index contributed by atoms with van der Waals surface area (Å²) in [6, 6.07) is 1.30. The van der Waals surface area contributed by atoms with Crippen molar-refractivity contribution >= 4 is 29.3 Å². The standard InChI is InChI=1S/C17H17FN4O4/c18-11-7-9-10(8-13(11)21-5-3-19-4-6-21)17(26)22(16(9)25)12-1-2-14(23)20-15(12)24/h7-8,12,19H,1-6H2,(H,20,23,24)/i/hD. The van der Waals surface area contributed by atoms with Crippen LogP contribution in [0.3, 0.4) is 0 Å². The largest absolute Gasteiger partial charge is 0.367 e. The van der Waals surface area contributed by atoms with Crippen LogP contribution in [-0.2, 0) is 9.59 Å². The first kappa shape index (κ1) is 15.4. The minimum atomic E-state index is -1.08. The summed E-state index contributed by atoms with van der Waals surface area (Å²) < 4.78 is 22.2. The number of carbonyl (C=O) groups excluding carboxylic acids is 4. The molecule has 2 saturated heterocycles. The summed E-state index contributed by atoms with van der Waals surface area (Å²) in [6.07, 6.45) is 0.0811. The van der Waals surface area contributed by atoms with Gasteiger partial charge in [0.25, 0.3) is 11.8 Å². The van der Waals surface area contributed by atoms with Gasteiger partial charge in [-0.15, -0.1) is 0 Å². The Balaban J connectivity index is 1.65. The third kappa shape index (κ3) is 2.55. The number of hydrogen-bond donors (Lipinski definition) is 2. The highest BCUT2D eigenvalue weighted by Crippen LogP contribution is 2.32. The van der Waals surface area contributed by atoms with Crippen LogP contribution in [0, 0.1) is 5.82 Å². The Morgan fingerprint density at radius 2 is 1.73 bits per heavy atom. The maximum Gasteiger partial charge on any atom is 0.262 e. The highest BCUT2D eigenvalue weighted by Gasteiger charge is 2.45. The van der Waals surface area contributed by atoms with Crippen LogP contribution in [0.2, 0.25) is 1.41 Å². The second-order valence-corrected chi connectivity index (χ2v) is 6.45. The number of carbonyl (C=O) groups is 4. The van der Waals surface area contributed by atoms with Crippen LogP contribution < -0.4 is 15.5 Å². The van der Waals surface area contributed by atoms with Gasteiger partial charge >= 0.3 is 0 Å². The third-order valence-electron chi connectivity index (χ3n) is 4.90. The Bertz CT molecular complexity index is 869. The Kier molecular flexibility index (Phi) is 3.66. The number of piperidine rings is 1. The number of halogens is 1. The van der Waals surface area contributed by atoms with Crippen molar-refractivity contribution in [3.05, 3.63) is 29.1 Å². The fourth-order valence-electron chi connectivity index (χ4n) is 3.57. The molecule has 1 unspecified atom stereocenters. The van der Waals surface area contributed by atoms with Crippen molar-refractivity contribution in [1.82, 2.24) is 15.5 Å². The molecule has 8 nitrogen and oxygen atoms in total. The molecule has 2 fully saturated rings. The van der Waals surface area contributed by atoms with Gasteiger partial charge < -0.3 is 10.2 Å². The summed E-state index contributed by atoms with van der Waals surface area (Å²) >= 11 is 0. The Hall–Kier alpha value is -2.81. The van der Waals surface area contributed by atoms with Crippen molar-refractivity contribution in [2.45, 2.75) is 18.9 Å². The van der Waals surface area contributed by atoms with E-state index in [9.17, 15) is 23.6 Å². The van der Waals surface area contributed by atoms with Gasteiger partial charge in [0.2, 0.25) is 11.8 Å². The summed E-state index contributed by atoms with van der Waals surface area (Å²) in [7, 11) is 0. The normalized spacial score (nSPS) is 24.7. The van der Waals surface area contributed by atoms with Crippen LogP contribution in [-0.4, -0.2) is 60.7 Å². The van der Waals surface area contributed by atoms with Gasteiger partial charge in [-0.2, -0.15) is 0 Å². The minimum Gasteiger partial charge on any atom is -0.367 e. The number of amides is 4. The summed E-state index contributed by atoms with van der Waals surface area (Å²) in [5, 5.41) is 3.50. The fraction of sp³-hybridized carbons (Fsp3) is 0.412. The molecule has 0 bridgehead atoms. The first-order valence-corrected chi connectivity index (χ1v) is 8.40. The molecule has 136 valence electrons. The number of benzene rings is 1. The molecule has 3 heterocycles. The average Bonchev–Trinajstić information content (AvgIpc) is 2.86. The quantitative estimate of drug-likeness (QED) is 0.698. The molecule has 0 aromatic heterocycles. The lowest BCUT2D eigenvalue weighted by molar-refractivity contribution is -0.136. The van der Waals surface area contributed by atoms with Crippen molar-refractivity contribution in [3.8, 4) is 0 Å². The Labute approximate surface area is 149 Å². The van der Waals surface area contributed by atoms with E-state index < -0.39 is 35.5 Å². The number of hydrogen-bond acceptors (Lipinski definition) is 6. The Morgan fingerprint density at radius 3 is 2.38 bits per heavy atom. The van der Waals surface area contributed by atoms with Crippen LogP contribution in [0.4, 0.5) is 10.1 Å². The van der Waals surface area contributed by atoms with Gasteiger partial charge in [-0.1, -0.05) is 0 Å². The summed E-state index contributed by atoms with van der Waals surface area (Å²) in [6.45, 7) is 1.73. The summed E-state index contributed by atoms with van der Waals surface area (Å²) in [5.41, 5.74) is 0.174. The smallest absolute Gasteiger partial charge is 0.262 e. The minimum absolute atomic E-state index is 0.0286. The van der Waals surface area contributed by atoms with Gasteiger partial charge in [-0.05, 0) is 18.6 Å². The molecule has 4 amide bonds. The lowest BCUT2D eigenvalue weighted by Crippen LogP contribution is -2.54. The molecule has 1 aromatic rings. The van der Waals surface area contributed by atoms with Crippen molar-refractivity contribution < 1.29 is 25.0 Å². The van der Waals surface area contributed by atoms with E-state index in [1.807, 2.05) is 0 Å². The van der Waals surface area contributed by atoms with E-state index in [2.05, 4.69) is 5.32 Å². The summed E-state index contributed by atoms with van der Waals surface area (Å²) in [4.78, 5) is 51.4. The molecule has 26 heavy (non-hydrogen) atoms. The molecule has 3 aliphatic rings. The highest BCUT2D eigenvalue weighted by atomic mass is 19.1. The first-order chi connectivity index (χ1) is 12.9. The van der Waals surface area contributed by atoms with Crippen molar-refractivity contribution in [2.75, 3.05) is 31.1 Å². The highest BCUT2D eigenvalue weighted by molar-refractivity contribution is 6.23. The molecular weight excluding hydrogens is 343 g/mol. The summed E-state index contributed by atoms with van der Waals surface area (Å²) in [5.74, 6) is -3.17. The van der Waals surface area contributed by atoms with E-state index in [1.54, 1.807) is 4.90 Å². The number of nitrogens with zero attached hydrogens (tertiary/aromatic N) is 2. The average molecular weight is 361 g/mol. The number of piperazine rings is 1. The predicted molar refractivity (Wildman–Crippen MR) is 88.2 cm³/mol. The van der Waals surface area contributed by atoms with Crippen molar-refractivity contribution in [2.24, 2.45) is 0 Å². The number of rotatable bonds is 2. The molecule has 3 aliphatic heterocycles. The molecule has 0 spiro atoms. The topological polar surface area (TPSA) is 98.8 Å². The van der Waals surface area contributed by atoms with Crippen LogP contribution in [0.5, 0.6) is 0 Å². The molecule has 0 aliphatic carbocycles. The van der Waals surface area contributed by atoms with E-state index in [0.717, 1.165) is 11.0 Å². The molecule has 0 radical (unpaired) electrons. The maximum atomic E-state index is 14.6. The zero-order chi connectivity index (χ0) is 19.3. The molecule has 4 rings (SSSR count). The molecule has 0 saturated carbocycles. The van der Waals surface area contributed by atoms with E-state index >= 15 is 0 Å².